The highest BCUT2D eigenvalue weighted by atomic mass is 28.4. The average Bonchev–Trinajstić information content (AvgIpc) is 3.66. The highest BCUT2D eigenvalue weighted by Crippen LogP contribution is 2.60. The van der Waals surface area contributed by atoms with Gasteiger partial charge in [-0.05, 0) is 43.3 Å². The molecule has 0 aliphatic carbocycles. The molecular weight excluding hydrogens is 613 g/mol. The van der Waals surface area contributed by atoms with E-state index >= 15 is 4.11 Å². The Morgan fingerprint density at radius 1 is 1.24 bits per heavy atom. The van der Waals surface area contributed by atoms with E-state index in [4.69, 9.17) is 4.74 Å². The van der Waals surface area contributed by atoms with Crippen LogP contribution in [0.5, 0.6) is 0 Å². The molecule has 0 unspecified atom stereocenters. The monoisotopic (exact) mass is 651 g/mol. The van der Waals surface area contributed by atoms with Crippen molar-refractivity contribution < 1.29 is 28.5 Å². The molecule has 46 heavy (non-hydrogen) atoms. The molecule has 0 radical (unpaired) electrons. The summed E-state index contributed by atoms with van der Waals surface area (Å²) < 4.78 is 24.5. The summed E-state index contributed by atoms with van der Waals surface area (Å²) in [7, 11) is -3.46. The third-order valence-electron chi connectivity index (χ3n) is 9.40. The summed E-state index contributed by atoms with van der Waals surface area (Å²) in [4.78, 5) is 41.9. The van der Waals surface area contributed by atoms with Crippen LogP contribution in [0.15, 0.2) is 48.7 Å². The number of aromatic nitrogens is 3. The Hall–Kier alpha value is -4.05. The summed E-state index contributed by atoms with van der Waals surface area (Å²) in [6, 6.07) is 11.8. The zero-order chi connectivity index (χ0) is 32.8. The zero-order valence-electron chi connectivity index (χ0n) is 26.1. The van der Waals surface area contributed by atoms with Crippen LogP contribution >= 0.6 is 0 Å². The molecule has 4 heterocycles. The van der Waals surface area contributed by atoms with Crippen molar-refractivity contribution in [2.24, 2.45) is 5.92 Å². The quantitative estimate of drug-likeness (QED) is 0.146. The minimum absolute atomic E-state index is 0.0453. The van der Waals surface area contributed by atoms with E-state index in [0.29, 0.717) is 49.4 Å². The first-order valence-corrected chi connectivity index (χ1v) is 18.5. The molecule has 2 saturated heterocycles. The third kappa shape index (κ3) is 5.61. The SMILES string of the molecule is C[C@H]1[C@H]([Si](C)(C)F)[C@@H](CCn2cc(CCO)nn2)O[C@]12C(=O)N(Cc1cccc(N3CCNCC3=O)c1)c1ccc([N+](=O)[O-])cc12. The summed E-state index contributed by atoms with van der Waals surface area (Å²) in [5.41, 5.74) is 0.568. The molecule has 1 aromatic heterocycles. The second kappa shape index (κ2) is 12.3. The predicted octanol–water partition coefficient (Wildman–Crippen LogP) is 3.07. The molecule has 3 aliphatic rings. The lowest BCUT2D eigenvalue weighted by atomic mass is 9.82. The average molecular weight is 652 g/mol. The number of amides is 2. The smallest absolute Gasteiger partial charge is 0.269 e. The highest BCUT2D eigenvalue weighted by Gasteiger charge is 2.66. The van der Waals surface area contributed by atoms with Crippen molar-refractivity contribution in [2.75, 3.05) is 36.0 Å². The van der Waals surface area contributed by atoms with Crippen molar-refractivity contribution in [1.82, 2.24) is 20.3 Å². The molecule has 4 atom stereocenters. The fourth-order valence-corrected chi connectivity index (χ4v) is 9.94. The number of aryl methyl sites for hydroxylation is 1. The van der Waals surface area contributed by atoms with Crippen molar-refractivity contribution in [2.45, 2.75) is 63.2 Å². The number of hydrogen-bond acceptors (Lipinski definition) is 9. The first-order chi connectivity index (χ1) is 21.9. The maximum absolute atomic E-state index is 16.2. The van der Waals surface area contributed by atoms with Crippen LogP contribution in [0.1, 0.15) is 30.2 Å². The normalized spacial score (nSPS) is 24.7. The van der Waals surface area contributed by atoms with Crippen LogP contribution in [0.3, 0.4) is 0 Å². The number of nitro groups is 1. The number of carbonyl (C=O) groups excluding carboxylic acids is 2. The van der Waals surface area contributed by atoms with Crippen LogP contribution in [0.4, 0.5) is 21.2 Å². The molecular formula is C31H38FN7O6Si. The molecule has 2 aromatic carbocycles. The van der Waals surface area contributed by atoms with E-state index in [-0.39, 0.29) is 31.3 Å². The third-order valence-corrected chi connectivity index (χ3v) is 11.9. The number of aliphatic hydroxyl groups excluding tert-OH is 1. The molecule has 15 heteroatoms. The van der Waals surface area contributed by atoms with E-state index in [1.54, 1.807) is 39.8 Å². The Kier molecular flexibility index (Phi) is 8.52. The number of ether oxygens (including phenoxy) is 1. The Morgan fingerprint density at radius 2 is 2.04 bits per heavy atom. The number of hydrogen-bond donors (Lipinski definition) is 2. The summed E-state index contributed by atoms with van der Waals surface area (Å²) in [5, 5.41) is 32.4. The van der Waals surface area contributed by atoms with Gasteiger partial charge in [0.05, 0.1) is 35.5 Å². The van der Waals surface area contributed by atoms with Gasteiger partial charge in [-0.3, -0.25) is 24.4 Å². The molecule has 13 nitrogen and oxygen atoms in total. The maximum atomic E-state index is 16.2. The highest BCUT2D eigenvalue weighted by molar-refractivity contribution is 6.72. The number of fused-ring (bicyclic) bond motifs is 2. The van der Waals surface area contributed by atoms with Crippen molar-refractivity contribution in [3.63, 3.8) is 0 Å². The summed E-state index contributed by atoms with van der Waals surface area (Å²) in [5.74, 6) is -1.06. The summed E-state index contributed by atoms with van der Waals surface area (Å²) >= 11 is 0. The van der Waals surface area contributed by atoms with Crippen LogP contribution in [-0.4, -0.2) is 77.6 Å². The van der Waals surface area contributed by atoms with Crippen LogP contribution in [0.25, 0.3) is 0 Å². The van der Waals surface area contributed by atoms with Gasteiger partial charge in [-0.1, -0.05) is 24.3 Å². The molecule has 2 fully saturated rings. The van der Waals surface area contributed by atoms with E-state index in [2.05, 4.69) is 15.6 Å². The number of aliphatic hydroxyl groups is 1. The van der Waals surface area contributed by atoms with E-state index in [9.17, 15) is 24.8 Å². The molecule has 2 N–H and O–H groups in total. The number of piperazine rings is 1. The molecule has 1 spiro atoms. The second-order valence-corrected chi connectivity index (χ2v) is 16.5. The van der Waals surface area contributed by atoms with E-state index < -0.39 is 42.4 Å². The zero-order valence-corrected chi connectivity index (χ0v) is 27.1. The van der Waals surface area contributed by atoms with E-state index in [1.165, 1.54) is 12.1 Å². The fraction of sp³-hybridized carbons (Fsp3) is 0.484. The van der Waals surface area contributed by atoms with Crippen molar-refractivity contribution >= 4 is 37.3 Å². The number of anilines is 2. The number of carbonyl (C=O) groups is 2. The largest absolute Gasteiger partial charge is 0.396 e. The van der Waals surface area contributed by atoms with Crippen molar-refractivity contribution in [3.8, 4) is 0 Å². The minimum Gasteiger partial charge on any atom is -0.396 e. The lowest BCUT2D eigenvalue weighted by Gasteiger charge is -2.31. The van der Waals surface area contributed by atoms with E-state index in [1.807, 2.05) is 31.2 Å². The van der Waals surface area contributed by atoms with Crippen LogP contribution < -0.4 is 15.1 Å². The molecule has 0 saturated carbocycles. The van der Waals surface area contributed by atoms with Gasteiger partial charge in [0.15, 0.2) is 5.60 Å². The topological polar surface area (TPSA) is 156 Å². The number of nitro benzene ring substituents is 1. The molecule has 6 rings (SSSR count). The Morgan fingerprint density at radius 3 is 2.76 bits per heavy atom. The Labute approximate surface area is 266 Å². The number of nitrogens with zero attached hydrogens (tertiary/aromatic N) is 6. The fourth-order valence-electron chi connectivity index (χ4n) is 7.40. The maximum Gasteiger partial charge on any atom is 0.269 e. The van der Waals surface area contributed by atoms with Gasteiger partial charge in [-0.25, -0.2) is 0 Å². The van der Waals surface area contributed by atoms with Crippen molar-refractivity contribution in [3.05, 3.63) is 75.6 Å². The second-order valence-electron chi connectivity index (χ2n) is 12.7. The van der Waals surface area contributed by atoms with Gasteiger partial charge in [-0.2, -0.15) is 0 Å². The number of nitrogens with one attached hydrogen (secondary N) is 1. The number of benzene rings is 2. The molecule has 3 aliphatic heterocycles. The molecule has 3 aromatic rings. The first-order valence-electron chi connectivity index (χ1n) is 15.5. The Bertz CT molecular complexity index is 1660. The number of rotatable bonds is 10. The molecule has 244 valence electrons. The number of non-ortho nitro benzene ring substituents is 1. The molecule has 2 amide bonds. The minimum atomic E-state index is -3.46. The summed E-state index contributed by atoms with van der Waals surface area (Å²) in [6.45, 7) is 6.88. The predicted molar refractivity (Wildman–Crippen MR) is 169 cm³/mol. The first kappa shape index (κ1) is 31.9. The van der Waals surface area contributed by atoms with Gasteiger partial charge < -0.3 is 29.1 Å². The van der Waals surface area contributed by atoms with Gasteiger partial charge in [0.2, 0.25) is 14.3 Å². The van der Waals surface area contributed by atoms with Gasteiger partial charge >= 0.3 is 0 Å². The van der Waals surface area contributed by atoms with Crippen molar-refractivity contribution in [1.29, 1.82) is 0 Å². The van der Waals surface area contributed by atoms with Crippen LogP contribution in [0.2, 0.25) is 18.6 Å². The van der Waals surface area contributed by atoms with Crippen LogP contribution in [-0.2, 0) is 39.4 Å². The van der Waals surface area contributed by atoms with Gasteiger partial charge in [0.1, 0.15) is 0 Å². The lowest BCUT2D eigenvalue weighted by Crippen LogP contribution is -2.48. The standard InChI is InChI=1S/C31H38FN7O6Si/c1-20-29(46(2,3)32)27(9-12-36-19-22(10-14-40)34-35-36)45-31(20)25-16-24(39(43)44)7-8-26(25)38(30(31)42)18-21-5-4-6-23(15-21)37-13-11-33-17-28(37)41/h4-8,15-16,19-20,27,29,33,40H,9-14,17-18H2,1-3H3/t20-,27+,29-,31+/m0/s1. The summed E-state index contributed by atoms with van der Waals surface area (Å²) in [6.07, 6.45) is 1.77. The number of halogens is 1. The van der Waals surface area contributed by atoms with E-state index in [0.717, 1.165) is 11.3 Å². The van der Waals surface area contributed by atoms with Gasteiger partial charge in [0.25, 0.3) is 11.6 Å². The Balaban J connectivity index is 1.36. The van der Waals surface area contributed by atoms with Crippen LogP contribution in [0, 0.1) is 16.0 Å². The van der Waals surface area contributed by atoms with Gasteiger partial charge in [-0.15, -0.1) is 5.10 Å². The van der Waals surface area contributed by atoms with Gasteiger partial charge in [0, 0.05) is 73.7 Å². The lowest BCUT2D eigenvalue weighted by molar-refractivity contribution is -0.385. The molecule has 0 bridgehead atoms.